The van der Waals surface area contributed by atoms with Crippen molar-refractivity contribution in [3.8, 4) is 0 Å². The summed E-state index contributed by atoms with van der Waals surface area (Å²) >= 11 is 1.86. The van der Waals surface area contributed by atoms with Crippen LogP contribution in [0.3, 0.4) is 0 Å². The molecule has 0 saturated heterocycles. The van der Waals surface area contributed by atoms with Crippen LogP contribution in [0.15, 0.2) is 17.5 Å². The molecule has 0 radical (unpaired) electrons. The van der Waals surface area contributed by atoms with Crippen LogP contribution in [0.1, 0.15) is 38.5 Å². The van der Waals surface area contributed by atoms with Gasteiger partial charge in [-0.1, -0.05) is 26.8 Å². The summed E-state index contributed by atoms with van der Waals surface area (Å²) in [5.74, 6) is 2.75. The Bertz CT molecular complexity index is 382. The molecule has 17 heavy (non-hydrogen) atoms. The van der Waals surface area contributed by atoms with Crippen molar-refractivity contribution in [3.63, 3.8) is 0 Å². The summed E-state index contributed by atoms with van der Waals surface area (Å²) < 4.78 is 0. The molecule has 3 aliphatic carbocycles. The SMILES string of the molecule is C[C@@H]1[C@H]2C[C@H](C[C@H]1NCc1cccs1)C2(C)C. The van der Waals surface area contributed by atoms with E-state index in [0.29, 0.717) is 5.41 Å². The molecule has 2 heteroatoms. The first-order valence-electron chi connectivity index (χ1n) is 6.85. The maximum absolute atomic E-state index is 3.78. The highest BCUT2D eigenvalue weighted by Crippen LogP contribution is 2.61. The van der Waals surface area contributed by atoms with Gasteiger partial charge >= 0.3 is 0 Å². The number of hydrogen-bond donors (Lipinski definition) is 1. The second-order valence-corrected chi connectivity index (χ2v) is 7.55. The van der Waals surface area contributed by atoms with Gasteiger partial charge in [0.05, 0.1) is 0 Å². The van der Waals surface area contributed by atoms with Crippen molar-refractivity contribution in [1.29, 1.82) is 0 Å². The van der Waals surface area contributed by atoms with Crippen LogP contribution >= 0.6 is 11.3 Å². The van der Waals surface area contributed by atoms with Crippen molar-refractivity contribution >= 4 is 11.3 Å². The predicted octanol–water partition coefficient (Wildman–Crippen LogP) is 3.91. The number of rotatable bonds is 3. The highest BCUT2D eigenvalue weighted by atomic mass is 32.1. The molecule has 1 nitrogen and oxygen atoms in total. The van der Waals surface area contributed by atoms with Gasteiger partial charge in [0.25, 0.3) is 0 Å². The van der Waals surface area contributed by atoms with Crippen LogP contribution in [0, 0.1) is 23.2 Å². The fourth-order valence-corrected chi connectivity index (χ4v) is 4.72. The molecule has 0 amide bonds. The van der Waals surface area contributed by atoms with Crippen LogP contribution in [0.25, 0.3) is 0 Å². The van der Waals surface area contributed by atoms with Crippen LogP contribution in [0.5, 0.6) is 0 Å². The summed E-state index contributed by atoms with van der Waals surface area (Å²) in [5.41, 5.74) is 0.612. The lowest BCUT2D eigenvalue weighted by molar-refractivity contribution is -0.115. The summed E-state index contributed by atoms with van der Waals surface area (Å²) in [6.45, 7) is 8.45. The van der Waals surface area contributed by atoms with Gasteiger partial charge in [-0.05, 0) is 47.5 Å². The van der Waals surface area contributed by atoms with Gasteiger partial charge < -0.3 is 5.32 Å². The monoisotopic (exact) mass is 249 g/mol. The maximum Gasteiger partial charge on any atom is 0.0302 e. The third-order valence-corrected chi connectivity index (χ3v) is 6.35. The molecule has 3 fully saturated rings. The highest BCUT2D eigenvalue weighted by molar-refractivity contribution is 7.09. The zero-order valence-corrected chi connectivity index (χ0v) is 11.9. The number of hydrogen-bond acceptors (Lipinski definition) is 2. The minimum absolute atomic E-state index is 0.612. The lowest BCUT2D eigenvalue weighted by atomic mass is 9.45. The topological polar surface area (TPSA) is 12.0 Å². The van der Waals surface area contributed by atoms with Gasteiger partial charge in [-0.15, -0.1) is 11.3 Å². The first kappa shape index (κ1) is 11.7. The summed E-state index contributed by atoms with van der Waals surface area (Å²) in [5, 5.41) is 5.95. The Labute approximate surface area is 109 Å². The fourth-order valence-electron chi connectivity index (χ4n) is 4.06. The molecule has 1 aromatic heterocycles. The van der Waals surface area contributed by atoms with Crippen molar-refractivity contribution in [2.45, 2.75) is 46.2 Å². The van der Waals surface area contributed by atoms with Crippen LogP contribution in [-0.4, -0.2) is 6.04 Å². The smallest absolute Gasteiger partial charge is 0.0302 e. The average Bonchev–Trinajstić information content (AvgIpc) is 2.79. The molecule has 1 N–H and O–H groups in total. The minimum Gasteiger partial charge on any atom is -0.309 e. The van der Waals surface area contributed by atoms with Crippen molar-refractivity contribution in [2.75, 3.05) is 0 Å². The molecule has 0 spiro atoms. The normalized spacial score (nSPS) is 38.8. The van der Waals surface area contributed by atoms with Gasteiger partial charge in [0.2, 0.25) is 0 Å². The molecule has 1 heterocycles. The van der Waals surface area contributed by atoms with E-state index in [0.717, 1.165) is 30.3 Å². The third kappa shape index (κ3) is 1.86. The Morgan fingerprint density at radius 1 is 1.41 bits per heavy atom. The molecular weight excluding hydrogens is 226 g/mol. The first-order valence-corrected chi connectivity index (χ1v) is 7.72. The number of thiophene rings is 1. The third-order valence-electron chi connectivity index (χ3n) is 5.47. The Morgan fingerprint density at radius 3 is 2.82 bits per heavy atom. The summed E-state index contributed by atoms with van der Waals surface area (Å²) in [6.07, 6.45) is 2.86. The molecule has 4 atom stereocenters. The Morgan fingerprint density at radius 2 is 2.24 bits per heavy atom. The number of nitrogens with one attached hydrogen (secondary N) is 1. The summed E-state index contributed by atoms with van der Waals surface area (Å²) in [7, 11) is 0. The molecule has 94 valence electrons. The maximum atomic E-state index is 3.78. The molecule has 0 aromatic carbocycles. The van der Waals surface area contributed by atoms with E-state index in [1.54, 1.807) is 0 Å². The van der Waals surface area contributed by atoms with E-state index < -0.39 is 0 Å². The highest BCUT2D eigenvalue weighted by Gasteiger charge is 2.55. The van der Waals surface area contributed by atoms with Crippen LogP contribution in [0.2, 0.25) is 0 Å². The van der Waals surface area contributed by atoms with E-state index in [2.05, 4.69) is 43.6 Å². The lowest BCUT2D eigenvalue weighted by Crippen LogP contribution is -2.59. The van der Waals surface area contributed by atoms with Crippen LogP contribution in [0.4, 0.5) is 0 Å². The largest absolute Gasteiger partial charge is 0.309 e. The first-order chi connectivity index (χ1) is 8.09. The van der Waals surface area contributed by atoms with E-state index >= 15 is 0 Å². The van der Waals surface area contributed by atoms with E-state index in [1.807, 2.05) is 11.3 Å². The fraction of sp³-hybridized carbons (Fsp3) is 0.733. The molecule has 1 aromatic rings. The Kier molecular flexibility index (Phi) is 2.83. The zero-order valence-electron chi connectivity index (χ0n) is 11.1. The van der Waals surface area contributed by atoms with E-state index in [4.69, 9.17) is 0 Å². The molecule has 2 bridgehead atoms. The molecular formula is C15H23NS. The van der Waals surface area contributed by atoms with Crippen molar-refractivity contribution in [2.24, 2.45) is 23.2 Å². The van der Waals surface area contributed by atoms with E-state index in [-0.39, 0.29) is 0 Å². The quantitative estimate of drug-likeness (QED) is 0.856. The van der Waals surface area contributed by atoms with Crippen LogP contribution < -0.4 is 5.32 Å². The number of fused-ring (bicyclic) bond motifs is 2. The molecule has 3 aliphatic rings. The van der Waals surface area contributed by atoms with E-state index in [9.17, 15) is 0 Å². The molecule has 3 saturated carbocycles. The Hall–Kier alpha value is -0.340. The van der Waals surface area contributed by atoms with Gasteiger partial charge in [0, 0.05) is 17.5 Å². The average molecular weight is 249 g/mol. The molecule has 0 unspecified atom stereocenters. The predicted molar refractivity (Wildman–Crippen MR) is 74.1 cm³/mol. The van der Waals surface area contributed by atoms with E-state index in [1.165, 1.54) is 17.7 Å². The lowest BCUT2D eigenvalue weighted by Gasteiger charge is -2.62. The van der Waals surface area contributed by atoms with Crippen molar-refractivity contribution in [3.05, 3.63) is 22.4 Å². The zero-order chi connectivity index (χ0) is 12.0. The van der Waals surface area contributed by atoms with Gasteiger partial charge in [-0.3, -0.25) is 0 Å². The second kappa shape index (κ2) is 4.10. The standard InChI is InChI=1S/C15H23NS/c1-10-13-7-11(15(13,2)3)8-14(10)16-9-12-5-4-6-17-12/h4-6,10-11,13-14,16H,7-9H2,1-3H3/t10-,11-,13-,14-/m1/s1. The molecule has 0 aliphatic heterocycles. The molecule has 4 rings (SSSR count). The summed E-state index contributed by atoms with van der Waals surface area (Å²) in [6, 6.07) is 5.12. The van der Waals surface area contributed by atoms with Crippen molar-refractivity contribution < 1.29 is 0 Å². The van der Waals surface area contributed by atoms with Crippen molar-refractivity contribution in [1.82, 2.24) is 5.32 Å². The summed E-state index contributed by atoms with van der Waals surface area (Å²) in [4.78, 5) is 1.47. The van der Waals surface area contributed by atoms with Gasteiger partial charge in [-0.2, -0.15) is 0 Å². The second-order valence-electron chi connectivity index (χ2n) is 6.52. The van der Waals surface area contributed by atoms with Gasteiger partial charge in [0.15, 0.2) is 0 Å². The van der Waals surface area contributed by atoms with Crippen LogP contribution in [-0.2, 0) is 6.54 Å². The van der Waals surface area contributed by atoms with Gasteiger partial charge in [0.1, 0.15) is 0 Å². The Balaban J connectivity index is 1.60. The van der Waals surface area contributed by atoms with Gasteiger partial charge in [-0.25, -0.2) is 0 Å². The minimum atomic E-state index is 0.612.